The van der Waals surface area contributed by atoms with E-state index in [1.54, 1.807) is 24.3 Å². The van der Waals surface area contributed by atoms with Crippen LogP contribution in [0.4, 0.5) is 13.2 Å². The van der Waals surface area contributed by atoms with Crippen molar-refractivity contribution in [2.24, 2.45) is 0 Å². The predicted molar refractivity (Wildman–Crippen MR) is 48.5 cm³/mol. The fourth-order valence-electron chi connectivity index (χ4n) is 1.23. The second kappa shape index (κ2) is 2.78. The lowest BCUT2D eigenvalue weighted by Gasteiger charge is -2.00. The molecule has 0 saturated heterocycles. The number of fused-ring (bicyclic) bond motifs is 1. The van der Waals surface area contributed by atoms with Crippen molar-refractivity contribution < 1.29 is 13.2 Å². The Labute approximate surface area is 74.5 Å². The lowest BCUT2D eigenvalue weighted by atomic mass is 10.2. The Balaban J connectivity index is 2.63. The normalized spacial score (nSPS) is 12.8. The Hall–Kier alpha value is -0.950. The van der Waals surface area contributed by atoms with Gasteiger partial charge in [-0.05, 0) is 16.6 Å². The Bertz CT molecular complexity index is 395. The molecule has 0 aliphatic carbocycles. The summed E-state index contributed by atoms with van der Waals surface area (Å²) in [7, 11) is -0.242. The standard InChI is InChI=1S/C9H6F3P/c10-9(11,12)8-5-6-3-1-2-4-7(6)13-8/h1-5,13H. The van der Waals surface area contributed by atoms with Gasteiger partial charge in [-0.25, -0.2) is 0 Å². The van der Waals surface area contributed by atoms with Gasteiger partial charge in [0.15, 0.2) is 0 Å². The third kappa shape index (κ3) is 1.56. The number of alkyl halides is 3. The molecule has 13 heavy (non-hydrogen) atoms. The molecule has 1 unspecified atom stereocenters. The second-order valence-corrected chi connectivity index (χ2v) is 4.10. The Morgan fingerprint density at radius 2 is 1.77 bits per heavy atom. The van der Waals surface area contributed by atoms with Gasteiger partial charge in [0, 0.05) is 0 Å². The van der Waals surface area contributed by atoms with Crippen molar-refractivity contribution in [1.29, 1.82) is 0 Å². The molecule has 1 aromatic heterocycles. The van der Waals surface area contributed by atoms with E-state index in [0.717, 1.165) is 5.12 Å². The molecule has 0 saturated carbocycles. The van der Waals surface area contributed by atoms with E-state index in [9.17, 15) is 13.2 Å². The van der Waals surface area contributed by atoms with Gasteiger partial charge in [-0.3, -0.25) is 0 Å². The van der Waals surface area contributed by atoms with Crippen LogP contribution in [0.3, 0.4) is 0 Å². The predicted octanol–water partition coefficient (Wildman–Crippen LogP) is 3.89. The van der Waals surface area contributed by atoms with Gasteiger partial charge in [-0.1, -0.05) is 24.3 Å². The number of hydrogen-bond acceptors (Lipinski definition) is 0. The first kappa shape index (κ1) is 8.64. The molecule has 68 valence electrons. The molecule has 2 aromatic rings. The average Bonchev–Trinajstić information content (AvgIpc) is 2.45. The maximum Gasteiger partial charge on any atom is 0.419 e. The quantitative estimate of drug-likeness (QED) is 0.607. The molecule has 0 aliphatic heterocycles. The zero-order valence-electron chi connectivity index (χ0n) is 6.52. The third-order valence-corrected chi connectivity index (χ3v) is 3.26. The summed E-state index contributed by atoms with van der Waals surface area (Å²) < 4.78 is 36.8. The number of hydrogen-bond donors (Lipinski definition) is 0. The van der Waals surface area contributed by atoms with Crippen LogP contribution in [-0.2, 0) is 6.18 Å². The smallest absolute Gasteiger partial charge is 0.166 e. The van der Waals surface area contributed by atoms with Crippen LogP contribution in [0.15, 0.2) is 30.3 Å². The largest absolute Gasteiger partial charge is 0.419 e. The van der Waals surface area contributed by atoms with Crippen LogP contribution in [0, 0.1) is 0 Å². The van der Waals surface area contributed by atoms with Gasteiger partial charge in [0.25, 0.3) is 0 Å². The van der Waals surface area contributed by atoms with E-state index in [1.165, 1.54) is 6.07 Å². The highest BCUT2D eigenvalue weighted by molar-refractivity contribution is 7.38. The maximum atomic E-state index is 12.3. The zero-order chi connectivity index (χ0) is 9.47. The van der Waals surface area contributed by atoms with Crippen molar-refractivity contribution in [3.63, 3.8) is 0 Å². The van der Waals surface area contributed by atoms with Crippen LogP contribution in [0.1, 0.15) is 5.30 Å². The highest BCUT2D eigenvalue weighted by Crippen LogP contribution is 2.40. The van der Waals surface area contributed by atoms with E-state index in [-0.39, 0.29) is 8.19 Å². The number of rotatable bonds is 0. The molecule has 0 aliphatic rings. The first-order chi connectivity index (χ1) is 6.07. The lowest BCUT2D eigenvalue weighted by molar-refractivity contribution is -0.134. The monoisotopic (exact) mass is 202 g/mol. The average molecular weight is 202 g/mol. The van der Waals surface area contributed by atoms with E-state index in [0.29, 0.717) is 5.39 Å². The van der Waals surface area contributed by atoms with Crippen molar-refractivity contribution in [3.8, 4) is 0 Å². The minimum absolute atomic E-state index is 0.242. The van der Waals surface area contributed by atoms with Gasteiger partial charge in [0.2, 0.25) is 0 Å². The fraction of sp³-hybridized carbons (Fsp3) is 0.111. The Kier molecular flexibility index (Phi) is 1.85. The summed E-state index contributed by atoms with van der Waals surface area (Å²) >= 11 is 0. The maximum absolute atomic E-state index is 12.3. The van der Waals surface area contributed by atoms with Crippen molar-refractivity contribution in [3.05, 3.63) is 35.6 Å². The van der Waals surface area contributed by atoms with Gasteiger partial charge in [-0.15, -0.1) is 8.19 Å². The van der Waals surface area contributed by atoms with E-state index >= 15 is 0 Å². The summed E-state index contributed by atoms with van der Waals surface area (Å²) in [5, 5.41) is 1.07. The molecular formula is C9H6F3P. The molecule has 0 amide bonds. The number of benzene rings is 1. The molecule has 0 spiro atoms. The van der Waals surface area contributed by atoms with Crippen LogP contribution < -0.4 is 0 Å². The number of halogens is 3. The Morgan fingerprint density at radius 3 is 2.38 bits per heavy atom. The minimum atomic E-state index is -4.17. The molecule has 0 nitrogen and oxygen atoms in total. The second-order valence-electron chi connectivity index (χ2n) is 2.77. The molecule has 0 fully saturated rings. The molecular weight excluding hydrogens is 196 g/mol. The topological polar surface area (TPSA) is 0 Å². The lowest BCUT2D eigenvalue weighted by Crippen LogP contribution is -1.99. The fourth-order valence-corrected chi connectivity index (χ4v) is 2.37. The molecule has 0 bridgehead atoms. The summed E-state index contributed by atoms with van der Waals surface area (Å²) in [5.41, 5.74) is 0. The summed E-state index contributed by atoms with van der Waals surface area (Å²) in [5.74, 6) is 0. The molecule has 4 heteroatoms. The highest BCUT2D eigenvalue weighted by Gasteiger charge is 2.31. The van der Waals surface area contributed by atoms with Crippen LogP contribution >= 0.6 is 8.19 Å². The highest BCUT2D eigenvalue weighted by atomic mass is 31.0. The van der Waals surface area contributed by atoms with Gasteiger partial charge in [-0.2, -0.15) is 13.2 Å². The van der Waals surface area contributed by atoms with Crippen molar-refractivity contribution >= 4 is 18.7 Å². The minimum Gasteiger partial charge on any atom is -0.166 e. The van der Waals surface area contributed by atoms with E-state index < -0.39 is 11.5 Å². The SMILES string of the molecule is FC(F)(F)c1cc2ccccc2[pH]1. The third-order valence-electron chi connectivity index (χ3n) is 1.84. The van der Waals surface area contributed by atoms with Gasteiger partial charge in [0.05, 0.1) is 5.30 Å². The molecule has 0 N–H and O–H groups in total. The molecule has 0 radical (unpaired) electrons. The first-order valence-corrected chi connectivity index (χ1v) is 4.72. The molecule has 2 rings (SSSR count). The van der Waals surface area contributed by atoms with E-state index in [2.05, 4.69) is 0 Å². The summed E-state index contributed by atoms with van der Waals surface area (Å²) in [6.07, 6.45) is -4.17. The van der Waals surface area contributed by atoms with Crippen molar-refractivity contribution in [1.82, 2.24) is 0 Å². The van der Waals surface area contributed by atoms with E-state index in [4.69, 9.17) is 0 Å². The molecule has 1 aromatic carbocycles. The van der Waals surface area contributed by atoms with Crippen molar-refractivity contribution in [2.75, 3.05) is 0 Å². The molecule has 1 atom stereocenters. The van der Waals surface area contributed by atoms with E-state index in [1.807, 2.05) is 0 Å². The molecule has 1 heterocycles. The van der Waals surface area contributed by atoms with Crippen molar-refractivity contribution in [2.45, 2.75) is 6.18 Å². The van der Waals surface area contributed by atoms with Crippen LogP contribution in [0.2, 0.25) is 0 Å². The zero-order valence-corrected chi connectivity index (χ0v) is 7.52. The van der Waals surface area contributed by atoms with Gasteiger partial charge >= 0.3 is 6.18 Å². The van der Waals surface area contributed by atoms with Gasteiger partial charge < -0.3 is 0 Å². The van der Waals surface area contributed by atoms with Gasteiger partial charge in [0.1, 0.15) is 0 Å². The first-order valence-electron chi connectivity index (χ1n) is 3.72. The summed E-state index contributed by atoms with van der Waals surface area (Å²) in [6, 6.07) is 8.19. The summed E-state index contributed by atoms with van der Waals surface area (Å²) in [4.78, 5) is 0. The van der Waals surface area contributed by atoms with Crippen LogP contribution in [0.5, 0.6) is 0 Å². The summed E-state index contributed by atoms with van der Waals surface area (Å²) in [6.45, 7) is 0. The van der Waals surface area contributed by atoms with Crippen LogP contribution in [-0.4, -0.2) is 0 Å². The van der Waals surface area contributed by atoms with Crippen LogP contribution in [0.25, 0.3) is 10.5 Å². The Morgan fingerprint density at radius 1 is 1.08 bits per heavy atom.